The first-order valence-corrected chi connectivity index (χ1v) is 10.7. The summed E-state index contributed by atoms with van der Waals surface area (Å²) in [6.07, 6.45) is 1.77. The van der Waals surface area contributed by atoms with Crippen LogP contribution in [0.1, 0.15) is 32.2 Å². The first kappa shape index (κ1) is 20.9. The molecule has 29 heavy (non-hydrogen) atoms. The number of esters is 1. The molecule has 0 aliphatic rings. The summed E-state index contributed by atoms with van der Waals surface area (Å²) in [5.41, 5.74) is 1.71. The summed E-state index contributed by atoms with van der Waals surface area (Å²) < 4.78 is 33.5. The molecular formula is C21H25N3O4S. The number of carbonyl (C=O) groups excluding carboxylic acids is 1. The molecule has 0 amide bonds. The lowest BCUT2D eigenvalue weighted by Crippen LogP contribution is -2.39. The van der Waals surface area contributed by atoms with Gasteiger partial charge in [-0.25, -0.2) is 8.42 Å². The molecule has 3 rings (SSSR count). The number of nitrogens with one attached hydrogen (secondary N) is 1. The molecule has 1 aromatic carbocycles. The van der Waals surface area contributed by atoms with Crippen molar-refractivity contribution in [1.29, 1.82) is 0 Å². The number of aromatic nitrogens is 2. The van der Waals surface area contributed by atoms with Crippen molar-refractivity contribution in [1.82, 2.24) is 9.97 Å². The maximum atomic E-state index is 13.5. The maximum Gasteiger partial charge on any atom is 0.327 e. The van der Waals surface area contributed by atoms with E-state index in [9.17, 15) is 13.2 Å². The van der Waals surface area contributed by atoms with E-state index in [-0.39, 0.29) is 4.90 Å². The van der Waals surface area contributed by atoms with Gasteiger partial charge in [-0.3, -0.25) is 14.1 Å². The van der Waals surface area contributed by atoms with Gasteiger partial charge in [-0.2, -0.15) is 0 Å². The number of nitrogens with zero attached hydrogens (tertiary/aromatic N) is 2. The second kappa shape index (κ2) is 7.51. The number of H-pyrrole nitrogens is 1. The number of aromatic amines is 1. The SMILES string of the molecule is Cc1cc(S(=O)(=O)N(CC(=O)OC(C)(C)C)c2ccc3[nH]ccc3c2)cc(C)n1. The van der Waals surface area contributed by atoms with Crippen molar-refractivity contribution in [3.05, 3.63) is 54.0 Å². The Bertz CT molecular complexity index is 1140. The zero-order chi connectivity index (χ0) is 21.4. The van der Waals surface area contributed by atoms with Gasteiger partial charge < -0.3 is 9.72 Å². The highest BCUT2D eigenvalue weighted by Gasteiger charge is 2.30. The topological polar surface area (TPSA) is 92.4 Å². The third-order valence-electron chi connectivity index (χ3n) is 4.16. The van der Waals surface area contributed by atoms with E-state index in [1.54, 1.807) is 59.0 Å². The van der Waals surface area contributed by atoms with Crippen molar-refractivity contribution >= 4 is 32.6 Å². The molecule has 2 heterocycles. The van der Waals surface area contributed by atoms with Crippen LogP contribution in [0, 0.1) is 13.8 Å². The third kappa shape index (κ3) is 4.76. The number of ether oxygens (including phenoxy) is 1. The fourth-order valence-corrected chi connectivity index (χ4v) is 4.63. The van der Waals surface area contributed by atoms with Crippen LogP contribution in [-0.2, 0) is 19.6 Å². The molecule has 7 nitrogen and oxygen atoms in total. The van der Waals surface area contributed by atoms with Gasteiger partial charge in [-0.15, -0.1) is 0 Å². The van der Waals surface area contributed by atoms with Crippen LogP contribution in [0.4, 0.5) is 5.69 Å². The maximum absolute atomic E-state index is 13.5. The summed E-state index contributed by atoms with van der Waals surface area (Å²) in [5, 5.41) is 0.842. The number of benzene rings is 1. The van der Waals surface area contributed by atoms with E-state index in [1.807, 2.05) is 6.07 Å². The normalized spacial score (nSPS) is 12.2. The number of carbonyl (C=O) groups is 1. The second-order valence-corrected chi connectivity index (χ2v) is 9.80. The van der Waals surface area contributed by atoms with E-state index in [4.69, 9.17) is 4.74 Å². The quantitative estimate of drug-likeness (QED) is 0.641. The van der Waals surface area contributed by atoms with E-state index in [0.717, 1.165) is 15.2 Å². The van der Waals surface area contributed by atoms with Crippen LogP contribution in [0.15, 0.2) is 47.5 Å². The summed E-state index contributed by atoms with van der Waals surface area (Å²) in [5.74, 6) is -0.627. The van der Waals surface area contributed by atoms with Crippen LogP contribution in [-0.4, -0.2) is 36.5 Å². The summed E-state index contributed by atoms with van der Waals surface area (Å²) in [6.45, 7) is 8.25. The average Bonchev–Trinajstić information content (AvgIpc) is 3.04. The second-order valence-electron chi connectivity index (χ2n) is 7.93. The predicted octanol–water partition coefficient (Wildman–Crippen LogP) is 3.72. The lowest BCUT2D eigenvalue weighted by Gasteiger charge is -2.26. The smallest absolute Gasteiger partial charge is 0.327 e. The highest BCUT2D eigenvalue weighted by atomic mass is 32.2. The Morgan fingerprint density at radius 3 is 2.38 bits per heavy atom. The number of anilines is 1. The Kier molecular flexibility index (Phi) is 5.40. The number of fused-ring (bicyclic) bond motifs is 1. The van der Waals surface area contributed by atoms with Crippen LogP contribution >= 0.6 is 0 Å². The minimum Gasteiger partial charge on any atom is -0.459 e. The monoisotopic (exact) mass is 415 g/mol. The summed E-state index contributed by atoms with van der Waals surface area (Å²) in [4.78, 5) is 19.9. The molecule has 0 bridgehead atoms. The van der Waals surface area contributed by atoms with E-state index < -0.39 is 28.1 Å². The van der Waals surface area contributed by atoms with E-state index in [2.05, 4.69) is 9.97 Å². The van der Waals surface area contributed by atoms with E-state index in [0.29, 0.717) is 17.1 Å². The van der Waals surface area contributed by atoms with Crippen LogP contribution in [0.3, 0.4) is 0 Å². The highest BCUT2D eigenvalue weighted by Crippen LogP contribution is 2.28. The summed E-state index contributed by atoms with van der Waals surface area (Å²) in [6, 6.07) is 10.0. The summed E-state index contributed by atoms with van der Waals surface area (Å²) in [7, 11) is -4.02. The fraction of sp³-hybridized carbons (Fsp3) is 0.333. The highest BCUT2D eigenvalue weighted by molar-refractivity contribution is 7.92. The molecule has 0 aliphatic carbocycles. The van der Waals surface area contributed by atoms with Gasteiger partial charge in [-0.05, 0) is 71.0 Å². The molecule has 0 aliphatic heterocycles. The Morgan fingerprint density at radius 1 is 1.10 bits per heavy atom. The van der Waals surface area contributed by atoms with Gasteiger partial charge in [0.05, 0.1) is 10.6 Å². The molecule has 8 heteroatoms. The predicted molar refractivity (Wildman–Crippen MR) is 112 cm³/mol. The van der Waals surface area contributed by atoms with Gasteiger partial charge in [0, 0.05) is 28.5 Å². The molecule has 0 saturated heterocycles. The first-order valence-electron chi connectivity index (χ1n) is 9.23. The molecule has 0 atom stereocenters. The molecular weight excluding hydrogens is 390 g/mol. The van der Waals surface area contributed by atoms with Gasteiger partial charge in [0.1, 0.15) is 12.1 Å². The van der Waals surface area contributed by atoms with Gasteiger partial charge in [0.2, 0.25) is 0 Å². The Balaban J connectivity index is 2.09. The molecule has 0 radical (unpaired) electrons. The molecule has 0 spiro atoms. The number of rotatable bonds is 5. The fourth-order valence-electron chi connectivity index (χ4n) is 3.07. The first-order chi connectivity index (χ1) is 13.5. The summed E-state index contributed by atoms with van der Waals surface area (Å²) >= 11 is 0. The van der Waals surface area contributed by atoms with Gasteiger partial charge in [0.15, 0.2) is 0 Å². The number of aryl methyl sites for hydroxylation is 2. The molecule has 2 aromatic heterocycles. The van der Waals surface area contributed by atoms with Crippen LogP contribution in [0.2, 0.25) is 0 Å². The molecule has 0 fully saturated rings. The Morgan fingerprint density at radius 2 is 1.76 bits per heavy atom. The molecule has 1 N–H and O–H groups in total. The van der Waals surface area contributed by atoms with Crippen molar-refractivity contribution in [3.8, 4) is 0 Å². The molecule has 0 unspecified atom stereocenters. The molecule has 0 saturated carbocycles. The minimum atomic E-state index is -4.02. The van der Waals surface area contributed by atoms with Crippen molar-refractivity contribution in [2.45, 2.75) is 45.1 Å². The van der Waals surface area contributed by atoms with Gasteiger partial charge in [0.25, 0.3) is 10.0 Å². The lowest BCUT2D eigenvalue weighted by atomic mass is 10.2. The lowest BCUT2D eigenvalue weighted by molar-refractivity contribution is -0.152. The number of pyridine rings is 1. The number of sulfonamides is 1. The Hall–Kier alpha value is -2.87. The number of hydrogen-bond donors (Lipinski definition) is 1. The van der Waals surface area contributed by atoms with Crippen LogP contribution < -0.4 is 4.31 Å². The molecule has 154 valence electrons. The van der Waals surface area contributed by atoms with Crippen molar-refractivity contribution in [3.63, 3.8) is 0 Å². The van der Waals surface area contributed by atoms with Gasteiger partial charge >= 0.3 is 5.97 Å². The van der Waals surface area contributed by atoms with E-state index in [1.165, 1.54) is 12.1 Å². The van der Waals surface area contributed by atoms with Crippen molar-refractivity contribution in [2.75, 3.05) is 10.8 Å². The standard InChI is InChI=1S/C21H25N3O4S/c1-14-10-18(11-15(2)23-14)29(26,27)24(13-20(25)28-21(3,4)5)17-6-7-19-16(12-17)8-9-22-19/h6-12,22H,13H2,1-5H3. The third-order valence-corrected chi connectivity index (χ3v) is 5.91. The van der Waals surface area contributed by atoms with E-state index >= 15 is 0 Å². The Labute approximate surface area is 170 Å². The van der Waals surface area contributed by atoms with Crippen molar-refractivity contribution < 1.29 is 17.9 Å². The number of hydrogen-bond acceptors (Lipinski definition) is 5. The van der Waals surface area contributed by atoms with Gasteiger partial charge in [-0.1, -0.05) is 0 Å². The minimum absolute atomic E-state index is 0.0835. The average molecular weight is 416 g/mol. The zero-order valence-electron chi connectivity index (χ0n) is 17.2. The molecule has 3 aromatic rings. The zero-order valence-corrected chi connectivity index (χ0v) is 18.0. The van der Waals surface area contributed by atoms with Crippen molar-refractivity contribution in [2.24, 2.45) is 0 Å². The largest absolute Gasteiger partial charge is 0.459 e. The van der Waals surface area contributed by atoms with Crippen LogP contribution in [0.5, 0.6) is 0 Å². The van der Waals surface area contributed by atoms with Crippen LogP contribution in [0.25, 0.3) is 10.9 Å².